The third-order valence-corrected chi connectivity index (χ3v) is 6.10. The van der Waals surface area contributed by atoms with Crippen molar-refractivity contribution in [2.75, 3.05) is 19.7 Å². The van der Waals surface area contributed by atoms with E-state index in [0.29, 0.717) is 24.7 Å². The first-order valence-corrected chi connectivity index (χ1v) is 10.0. The van der Waals surface area contributed by atoms with Crippen LogP contribution in [0, 0.1) is 11.3 Å². The molecule has 0 bridgehead atoms. The largest absolute Gasteiger partial charge is 0.389 e. The molecular weight excluding hydrogens is 310 g/mol. The van der Waals surface area contributed by atoms with Crippen LogP contribution in [0.25, 0.3) is 0 Å². The van der Waals surface area contributed by atoms with E-state index in [1.54, 1.807) is 0 Å². The van der Waals surface area contributed by atoms with Crippen molar-refractivity contribution < 1.29 is 9.84 Å². The molecule has 25 heavy (non-hydrogen) atoms. The third-order valence-electron chi connectivity index (χ3n) is 6.10. The van der Waals surface area contributed by atoms with Crippen LogP contribution in [0.15, 0.2) is 24.3 Å². The lowest BCUT2D eigenvalue weighted by Gasteiger charge is -2.37. The molecule has 140 valence electrons. The molecule has 0 saturated heterocycles. The molecule has 1 aliphatic heterocycles. The average Bonchev–Trinajstić information content (AvgIpc) is 2.59. The minimum absolute atomic E-state index is 0.343. The van der Waals surface area contributed by atoms with E-state index in [0.717, 1.165) is 38.3 Å². The van der Waals surface area contributed by atoms with E-state index in [1.807, 2.05) is 0 Å². The van der Waals surface area contributed by atoms with E-state index in [9.17, 15) is 5.11 Å². The fraction of sp³-hybridized carbons (Fsp3) is 0.727. The minimum Gasteiger partial charge on any atom is -0.389 e. The molecule has 1 fully saturated rings. The van der Waals surface area contributed by atoms with Crippen molar-refractivity contribution in [1.29, 1.82) is 0 Å². The second-order valence-electron chi connectivity index (χ2n) is 9.08. The molecule has 1 heterocycles. The molecule has 1 atom stereocenters. The summed E-state index contributed by atoms with van der Waals surface area (Å²) in [7, 11) is 0. The smallest absolute Gasteiger partial charge is 0.0900 e. The standard InChI is InChI=1S/C22H35NO2/c1-22(2,3)19-8-10-21(11-9-19)25-16-20(24)15-23-13-12-17-6-4-5-7-18(17)14-23/h4-7,19-21,24H,8-16H2,1-3H3/t19?,20-,21?/m0/s1. The molecule has 0 unspecified atom stereocenters. The first kappa shape index (κ1) is 18.9. The Kier molecular flexibility index (Phi) is 6.19. The first-order chi connectivity index (χ1) is 11.9. The fourth-order valence-electron chi connectivity index (χ4n) is 4.40. The van der Waals surface area contributed by atoms with Gasteiger partial charge in [0.2, 0.25) is 0 Å². The number of ether oxygens (including phenoxy) is 1. The maximum atomic E-state index is 10.4. The highest BCUT2D eigenvalue weighted by Gasteiger charge is 2.30. The van der Waals surface area contributed by atoms with Gasteiger partial charge in [-0.25, -0.2) is 0 Å². The zero-order valence-corrected chi connectivity index (χ0v) is 16.2. The number of aliphatic hydroxyl groups is 1. The molecular formula is C22H35NO2. The highest BCUT2D eigenvalue weighted by atomic mass is 16.5. The number of nitrogens with zero attached hydrogens (tertiary/aromatic N) is 1. The van der Waals surface area contributed by atoms with E-state index in [1.165, 1.54) is 24.0 Å². The van der Waals surface area contributed by atoms with Gasteiger partial charge in [-0.3, -0.25) is 4.90 Å². The Bertz CT molecular complexity index is 543. The molecule has 1 aliphatic carbocycles. The summed E-state index contributed by atoms with van der Waals surface area (Å²) in [6.07, 6.45) is 5.85. The number of hydrogen-bond acceptors (Lipinski definition) is 3. The quantitative estimate of drug-likeness (QED) is 0.875. The van der Waals surface area contributed by atoms with Crippen molar-refractivity contribution in [2.24, 2.45) is 11.3 Å². The molecule has 0 spiro atoms. The SMILES string of the molecule is CC(C)(C)C1CCC(OC[C@@H](O)CN2CCc3ccccc3C2)CC1. The summed E-state index contributed by atoms with van der Waals surface area (Å²) in [5, 5.41) is 10.4. The van der Waals surface area contributed by atoms with Crippen LogP contribution in [-0.4, -0.2) is 41.9 Å². The molecule has 2 aliphatic rings. The summed E-state index contributed by atoms with van der Waals surface area (Å²) < 4.78 is 6.04. The Morgan fingerprint density at radius 2 is 1.80 bits per heavy atom. The Hall–Kier alpha value is -0.900. The molecule has 3 rings (SSSR count). The lowest BCUT2D eigenvalue weighted by molar-refractivity contribution is -0.0452. The van der Waals surface area contributed by atoms with Crippen LogP contribution in [0.2, 0.25) is 0 Å². The van der Waals surface area contributed by atoms with E-state index in [-0.39, 0.29) is 6.10 Å². The maximum absolute atomic E-state index is 10.4. The van der Waals surface area contributed by atoms with E-state index < -0.39 is 0 Å². The lowest BCUT2D eigenvalue weighted by Crippen LogP contribution is -2.39. The lowest BCUT2D eigenvalue weighted by atomic mass is 9.72. The summed E-state index contributed by atoms with van der Waals surface area (Å²) in [6, 6.07) is 8.65. The minimum atomic E-state index is -0.384. The van der Waals surface area contributed by atoms with Gasteiger partial charge in [-0.15, -0.1) is 0 Å². The molecule has 1 saturated carbocycles. The molecule has 0 radical (unpaired) electrons. The number of hydrogen-bond donors (Lipinski definition) is 1. The summed E-state index contributed by atoms with van der Waals surface area (Å²) in [5.41, 5.74) is 3.28. The molecule has 0 aromatic heterocycles. The van der Waals surface area contributed by atoms with E-state index in [4.69, 9.17) is 4.74 Å². The maximum Gasteiger partial charge on any atom is 0.0900 e. The van der Waals surface area contributed by atoms with Crippen molar-refractivity contribution in [1.82, 2.24) is 4.90 Å². The summed E-state index contributed by atoms with van der Waals surface area (Å²) in [5.74, 6) is 0.811. The van der Waals surface area contributed by atoms with Gasteiger partial charge in [0, 0.05) is 19.6 Å². The van der Waals surface area contributed by atoms with Crippen LogP contribution in [-0.2, 0) is 17.7 Å². The normalized spacial score (nSPS) is 26.2. The van der Waals surface area contributed by atoms with E-state index >= 15 is 0 Å². The van der Waals surface area contributed by atoms with E-state index in [2.05, 4.69) is 49.9 Å². The van der Waals surface area contributed by atoms with Gasteiger partial charge >= 0.3 is 0 Å². The first-order valence-electron chi connectivity index (χ1n) is 10.0. The zero-order chi connectivity index (χ0) is 17.9. The van der Waals surface area contributed by atoms with Gasteiger partial charge in [-0.2, -0.15) is 0 Å². The van der Waals surface area contributed by atoms with Crippen molar-refractivity contribution in [3.8, 4) is 0 Å². The van der Waals surface area contributed by atoms with Crippen molar-refractivity contribution >= 4 is 0 Å². The van der Waals surface area contributed by atoms with Gasteiger partial charge in [0.25, 0.3) is 0 Å². The van der Waals surface area contributed by atoms with Crippen molar-refractivity contribution in [3.05, 3.63) is 35.4 Å². The predicted octanol–water partition coefficient (Wildman–Crippen LogP) is 4.03. The molecule has 1 aromatic carbocycles. The highest BCUT2D eigenvalue weighted by molar-refractivity contribution is 5.29. The number of aliphatic hydroxyl groups excluding tert-OH is 1. The fourth-order valence-corrected chi connectivity index (χ4v) is 4.40. The van der Waals surface area contributed by atoms with Gasteiger partial charge < -0.3 is 9.84 Å². The van der Waals surface area contributed by atoms with Gasteiger partial charge in [-0.05, 0) is 54.6 Å². The van der Waals surface area contributed by atoms with Gasteiger partial charge in [-0.1, -0.05) is 45.0 Å². The molecule has 1 aromatic rings. The number of β-amino-alcohol motifs (C(OH)–C–C–N with tert-alkyl or cyclic N) is 1. The molecule has 1 N–H and O–H groups in total. The number of rotatable bonds is 5. The Labute approximate surface area is 153 Å². The van der Waals surface area contributed by atoms with Crippen LogP contribution in [0.4, 0.5) is 0 Å². The average molecular weight is 346 g/mol. The second kappa shape index (κ2) is 8.20. The summed E-state index contributed by atoms with van der Waals surface area (Å²) in [4.78, 5) is 2.35. The monoisotopic (exact) mass is 345 g/mol. The van der Waals surface area contributed by atoms with Gasteiger partial charge in [0.1, 0.15) is 0 Å². The topological polar surface area (TPSA) is 32.7 Å². The highest BCUT2D eigenvalue weighted by Crippen LogP contribution is 2.38. The zero-order valence-electron chi connectivity index (χ0n) is 16.2. The number of benzene rings is 1. The Morgan fingerprint density at radius 3 is 2.48 bits per heavy atom. The van der Waals surface area contributed by atoms with Crippen molar-refractivity contribution in [3.63, 3.8) is 0 Å². The van der Waals surface area contributed by atoms with Crippen LogP contribution >= 0.6 is 0 Å². The Morgan fingerprint density at radius 1 is 1.12 bits per heavy atom. The van der Waals surface area contributed by atoms with Crippen LogP contribution in [0.1, 0.15) is 57.6 Å². The third kappa shape index (κ3) is 5.29. The Balaban J connectivity index is 1.37. The van der Waals surface area contributed by atoms with Crippen molar-refractivity contribution in [2.45, 2.75) is 71.6 Å². The van der Waals surface area contributed by atoms with Crippen LogP contribution in [0.5, 0.6) is 0 Å². The van der Waals surface area contributed by atoms with Crippen LogP contribution in [0.3, 0.4) is 0 Å². The van der Waals surface area contributed by atoms with Gasteiger partial charge in [0.05, 0.1) is 18.8 Å². The van der Waals surface area contributed by atoms with Crippen LogP contribution < -0.4 is 0 Å². The summed E-state index contributed by atoms with van der Waals surface area (Å²) in [6.45, 7) is 10.2. The number of fused-ring (bicyclic) bond motifs is 1. The summed E-state index contributed by atoms with van der Waals surface area (Å²) >= 11 is 0. The predicted molar refractivity (Wildman–Crippen MR) is 103 cm³/mol. The molecule has 3 nitrogen and oxygen atoms in total. The second-order valence-corrected chi connectivity index (χ2v) is 9.08. The van der Waals surface area contributed by atoms with Gasteiger partial charge in [0.15, 0.2) is 0 Å². The molecule has 3 heteroatoms. The molecule has 0 amide bonds.